The highest BCUT2D eigenvalue weighted by molar-refractivity contribution is 6.04. The highest BCUT2D eigenvalue weighted by atomic mass is 19.1. The number of nitrogens with zero attached hydrogens (tertiary/aromatic N) is 4. The third-order valence-corrected chi connectivity index (χ3v) is 7.32. The molecule has 0 radical (unpaired) electrons. The summed E-state index contributed by atoms with van der Waals surface area (Å²) < 4.78 is 31.0. The molecule has 8 heteroatoms. The first-order valence-electron chi connectivity index (χ1n) is 11.8. The minimum atomic E-state index is -0.623. The van der Waals surface area contributed by atoms with Crippen LogP contribution in [0.4, 0.5) is 20.3 Å². The van der Waals surface area contributed by atoms with E-state index in [-0.39, 0.29) is 22.3 Å². The lowest BCUT2D eigenvalue weighted by Crippen LogP contribution is -2.51. The Morgan fingerprint density at radius 2 is 1.92 bits per heavy atom. The predicted molar refractivity (Wildman–Crippen MR) is 136 cm³/mol. The van der Waals surface area contributed by atoms with E-state index < -0.39 is 11.6 Å². The van der Waals surface area contributed by atoms with Gasteiger partial charge in [-0.05, 0) is 48.9 Å². The molecule has 2 unspecified atom stereocenters. The summed E-state index contributed by atoms with van der Waals surface area (Å²) in [6.45, 7) is 3.12. The van der Waals surface area contributed by atoms with E-state index in [0.717, 1.165) is 25.9 Å². The zero-order valence-corrected chi connectivity index (χ0v) is 19.6. The number of halogens is 2. The molecule has 0 aliphatic carbocycles. The van der Waals surface area contributed by atoms with Crippen molar-refractivity contribution in [3.8, 4) is 29.7 Å². The molecule has 4 heterocycles. The van der Waals surface area contributed by atoms with E-state index in [1.165, 1.54) is 6.07 Å². The molecule has 0 saturated carbocycles. The Labute approximate surface area is 206 Å². The SMILES string of the molecule is C#Cc1c(F)ccc2cc(N)cc(-c3ncc4c(N5CC6CCC(C5)N6)nc(C#N)c(C)c4c3F)c12. The van der Waals surface area contributed by atoms with Gasteiger partial charge in [-0.3, -0.25) is 4.98 Å². The summed E-state index contributed by atoms with van der Waals surface area (Å²) in [5, 5.41) is 15.1. The van der Waals surface area contributed by atoms with Crippen LogP contribution in [0, 0.1) is 42.2 Å². The van der Waals surface area contributed by atoms with Gasteiger partial charge in [-0.15, -0.1) is 6.42 Å². The number of fused-ring (bicyclic) bond motifs is 4. The predicted octanol–water partition coefficient (Wildman–Crippen LogP) is 4.41. The van der Waals surface area contributed by atoms with E-state index in [9.17, 15) is 9.65 Å². The molecule has 6 rings (SSSR count). The van der Waals surface area contributed by atoms with E-state index in [2.05, 4.69) is 32.2 Å². The molecule has 2 aromatic carbocycles. The fourth-order valence-electron chi connectivity index (χ4n) is 5.69. The van der Waals surface area contributed by atoms with Gasteiger partial charge in [0, 0.05) is 58.8 Å². The van der Waals surface area contributed by atoms with Crippen LogP contribution < -0.4 is 16.0 Å². The van der Waals surface area contributed by atoms with Crippen LogP contribution in [0.25, 0.3) is 32.8 Å². The number of anilines is 2. The second-order valence-corrected chi connectivity index (χ2v) is 9.51. The molecular formula is C28H22F2N6. The minimum Gasteiger partial charge on any atom is -0.399 e. The van der Waals surface area contributed by atoms with Crippen LogP contribution >= 0.6 is 0 Å². The van der Waals surface area contributed by atoms with Crippen LogP contribution in [-0.2, 0) is 0 Å². The van der Waals surface area contributed by atoms with Crippen molar-refractivity contribution in [3.05, 3.63) is 58.9 Å². The molecule has 2 bridgehead atoms. The van der Waals surface area contributed by atoms with Crippen molar-refractivity contribution in [1.29, 1.82) is 5.26 Å². The molecule has 3 N–H and O–H groups in total. The van der Waals surface area contributed by atoms with Crippen molar-refractivity contribution in [3.63, 3.8) is 0 Å². The second-order valence-electron chi connectivity index (χ2n) is 9.51. The lowest BCUT2D eigenvalue weighted by molar-refractivity contribution is 0.464. The normalized spacial score (nSPS) is 19.0. The molecule has 2 aliphatic rings. The number of hydrogen-bond acceptors (Lipinski definition) is 6. The van der Waals surface area contributed by atoms with Gasteiger partial charge in [-0.1, -0.05) is 12.0 Å². The Morgan fingerprint density at radius 3 is 2.61 bits per heavy atom. The maximum absolute atomic E-state index is 16.4. The Balaban J connectivity index is 1.64. The Morgan fingerprint density at radius 1 is 1.17 bits per heavy atom. The average Bonchev–Trinajstić information content (AvgIpc) is 3.21. The molecule has 2 aromatic heterocycles. The van der Waals surface area contributed by atoms with E-state index in [0.29, 0.717) is 50.9 Å². The summed E-state index contributed by atoms with van der Waals surface area (Å²) in [6.07, 6.45) is 9.36. The number of pyridine rings is 2. The molecule has 2 atom stereocenters. The van der Waals surface area contributed by atoms with Crippen LogP contribution in [0.5, 0.6) is 0 Å². The first-order valence-corrected chi connectivity index (χ1v) is 11.8. The molecule has 2 saturated heterocycles. The first-order chi connectivity index (χ1) is 17.4. The molecule has 0 spiro atoms. The number of nitrogens with two attached hydrogens (primary N) is 1. The number of aromatic nitrogens is 2. The lowest BCUT2D eigenvalue weighted by atomic mass is 9.94. The van der Waals surface area contributed by atoms with Crippen molar-refractivity contribution >= 4 is 33.1 Å². The minimum absolute atomic E-state index is 0.00794. The number of nitriles is 1. The molecule has 2 aliphatic heterocycles. The monoisotopic (exact) mass is 480 g/mol. The smallest absolute Gasteiger partial charge is 0.157 e. The second kappa shape index (κ2) is 8.15. The summed E-state index contributed by atoms with van der Waals surface area (Å²) in [5.41, 5.74) is 7.38. The first kappa shape index (κ1) is 22.2. The van der Waals surface area contributed by atoms with Gasteiger partial charge in [0.1, 0.15) is 29.1 Å². The van der Waals surface area contributed by atoms with Gasteiger partial charge in [0.15, 0.2) is 5.82 Å². The lowest BCUT2D eigenvalue weighted by Gasteiger charge is -2.34. The van der Waals surface area contributed by atoms with Gasteiger partial charge in [0.25, 0.3) is 0 Å². The van der Waals surface area contributed by atoms with Crippen molar-refractivity contribution in [2.24, 2.45) is 0 Å². The summed E-state index contributed by atoms with van der Waals surface area (Å²) in [6, 6.07) is 8.83. The van der Waals surface area contributed by atoms with Crippen molar-refractivity contribution < 1.29 is 8.78 Å². The Bertz CT molecular complexity index is 1650. The van der Waals surface area contributed by atoms with Gasteiger partial charge >= 0.3 is 0 Å². The molecule has 6 nitrogen and oxygen atoms in total. The van der Waals surface area contributed by atoms with Crippen molar-refractivity contribution in [1.82, 2.24) is 15.3 Å². The van der Waals surface area contributed by atoms with Gasteiger partial charge in [0.2, 0.25) is 0 Å². The number of nitrogen functional groups attached to an aromatic ring is 1. The van der Waals surface area contributed by atoms with Crippen LogP contribution in [-0.4, -0.2) is 35.1 Å². The maximum Gasteiger partial charge on any atom is 0.157 e. The molecule has 2 fully saturated rings. The van der Waals surface area contributed by atoms with Crippen LogP contribution in [0.3, 0.4) is 0 Å². The van der Waals surface area contributed by atoms with Gasteiger partial charge in [-0.25, -0.2) is 13.8 Å². The molecular weight excluding hydrogens is 458 g/mol. The maximum atomic E-state index is 16.4. The molecule has 4 aromatic rings. The highest BCUT2D eigenvalue weighted by Crippen LogP contribution is 2.39. The van der Waals surface area contributed by atoms with Crippen LogP contribution in [0.1, 0.15) is 29.7 Å². The standard InChI is InChI=1S/C28H22F2N6/c1-3-19-22(29)7-4-15-8-16(32)9-20(25(15)19)27-26(30)24-14(2)23(10-31)35-28(21(24)11-33-27)36-12-17-5-6-18(13-36)34-17/h1,4,7-9,11,17-18,34H,5-6,12-13,32H2,2H3. The van der Waals surface area contributed by atoms with E-state index in [1.807, 2.05) is 0 Å². The third-order valence-electron chi connectivity index (χ3n) is 7.32. The van der Waals surface area contributed by atoms with Crippen LogP contribution in [0.15, 0.2) is 30.5 Å². The zero-order chi connectivity index (χ0) is 25.1. The molecule has 36 heavy (non-hydrogen) atoms. The fourth-order valence-corrected chi connectivity index (χ4v) is 5.69. The number of rotatable bonds is 2. The fraction of sp³-hybridized carbons (Fsp3) is 0.250. The van der Waals surface area contributed by atoms with Crippen molar-refractivity contribution in [2.75, 3.05) is 23.7 Å². The number of benzene rings is 2. The van der Waals surface area contributed by atoms with E-state index in [1.54, 1.807) is 31.3 Å². The highest BCUT2D eigenvalue weighted by Gasteiger charge is 2.34. The van der Waals surface area contributed by atoms with E-state index >= 15 is 4.39 Å². The van der Waals surface area contributed by atoms with Gasteiger partial charge in [0.05, 0.1) is 5.56 Å². The van der Waals surface area contributed by atoms with Crippen molar-refractivity contribution in [2.45, 2.75) is 31.8 Å². The third kappa shape index (κ3) is 3.26. The Hall–Kier alpha value is -4.27. The zero-order valence-electron chi connectivity index (χ0n) is 19.6. The van der Waals surface area contributed by atoms with E-state index in [4.69, 9.17) is 12.2 Å². The Kier molecular flexibility index (Phi) is 5.03. The largest absolute Gasteiger partial charge is 0.399 e. The molecule has 0 amide bonds. The molecule has 178 valence electrons. The summed E-state index contributed by atoms with van der Waals surface area (Å²) >= 11 is 0. The topological polar surface area (TPSA) is 90.9 Å². The quantitative estimate of drug-likeness (QED) is 0.326. The number of aryl methyl sites for hydroxylation is 1. The summed E-state index contributed by atoms with van der Waals surface area (Å²) in [5.74, 6) is 1.73. The summed E-state index contributed by atoms with van der Waals surface area (Å²) in [4.78, 5) is 11.2. The number of piperazine rings is 1. The van der Waals surface area contributed by atoms with Gasteiger partial charge < -0.3 is 16.0 Å². The van der Waals surface area contributed by atoms with Crippen LogP contribution in [0.2, 0.25) is 0 Å². The van der Waals surface area contributed by atoms with Gasteiger partial charge in [-0.2, -0.15) is 5.26 Å². The number of nitrogens with one attached hydrogen (secondary N) is 1. The summed E-state index contributed by atoms with van der Waals surface area (Å²) in [7, 11) is 0. The number of hydrogen-bond donors (Lipinski definition) is 2. The average molecular weight is 481 g/mol. The number of terminal acetylenes is 1.